The summed E-state index contributed by atoms with van der Waals surface area (Å²) in [5, 5.41) is 12.9. The highest BCUT2D eigenvalue weighted by Gasteiger charge is 2.23. The number of amides is 1. The molecule has 6 nitrogen and oxygen atoms in total. The van der Waals surface area contributed by atoms with Crippen LogP contribution in [-0.2, 0) is 0 Å². The Balaban J connectivity index is 2.07. The number of aryl methyl sites for hydroxylation is 1. The van der Waals surface area contributed by atoms with Crippen LogP contribution in [0.1, 0.15) is 23.1 Å². The Labute approximate surface area is 124 Å². The summed E-state index contributed by atoms with van der Waals surface area (Å²) in [6.07, 6.45) is 1.71. The Morgan fingerprint density at radius 2 is 2.19 bits per heavy atom. The fourth-order valence-electron chi connectivity index (χ4n) is 2.36. The number of hydrogen-bond acceptors (Lipinski definition) is 4. The molecule has 1 unspecified atom stereocenters. The molecule has 0 fully saturated rings. The topological polar surface area (TPSA) is 69.9 Å². The van der Waals surface area contributed by atoms with E-state index < -0.39 is 5.60 Å². The van der Waals surface area contributed by atoms with Gasteiger partial charge in [0.05, 0.1) is 5.60 Å². The van der Waals surface area contributed by atoms with Gasteiger partial charge in [-0.15, -0.1) is 0 Å². The van der Waals surface area contributed by atoms with E-state index in [1.165, 1.54) is 0 Å². The predicted molar refractivity (Wildman–Crippen MR) is 81.4 cm³/mol. The number of imidazole rings is 1. The van der Waals surface area contributed by atoms with E-state index in [4.69, 9.17) is 0 Å². The van der Waals surface area contributed by atoms with Crippen LogP contribution in [-0.4, -0.2) is 58.1 Å². The molecular weight excluding hydrogens is 268 g/mol. The largest absolute Gasteiger partial charge is 0.387 e. The van der Waals surface area contributed by atoms with Gasteiger partial charge in [0.2, 0.25) is 0 Å². The maximum absolute atomic E-state index is 12.1. The molecule has 2 N–H and O–H groups in total. The summed E-state index contributed by atoms with van der Waals surface area (Å²) in [6.45, 7) is 4.30. The van der Waals surface area contributed by atoms with Gasteiger partial charge in [0.1, 0.15) is 11.3 Å². The summed E-state index contributed by atoms with van der Waals surface area (Å²) in [7, 11) is 3.75. The van der Waals surface area contributed by atoms with Crippen LogP contribution in [0.2, 0.25) is 0 Å². The first-order valence-electron chi connectivity index (χ1n) is 6.88. The third kappa shape index (κ3) is 3.80. The fourth-order valence-corrected chi connectivity index (χ4v) is 2.36. The van der Waals surface area contributed by atoms with Crippen LogP contribution in [0.25, 0.3) is 5.65 Å². The monoisotopic (exact) mass is 290 g/mol. The van der Waals surface area contributed by atoms with Crippen LogP contribution < -0.4 is 5.32 Å². The normalized spacial score (nSPS) is 14.4. The number of aromatic nitrogens is 2. The van der Waals surface area contributed by atoms with E-state index in [-0.39, 0.29) is 12.5 Å². The molecule has 114 valence electrons. The number of carbonyl (C=O) groups excluding carboxylic acids is 1. The van der Waals surface area contributed by atoms with Gasteiger partial charge in [0, 0.05) is 25.0 Å². The minimum Gasteiger partial charge on any atom is -0.387 e. The summed E-state index contributed by atoms with van der Waals surface area (Å²) < 4.78 is 1.87. The van der Waals surface area contributed by atoms with E-state index in [0.29, 0.717) is 12.2 Å². The highest BCUT2D eigenvalue weighted by Crippen LogP contribution is 2.09. The zero-order chi connectivity index (χ0) is 15.6. The third-order valence-corrected chi connectivity index (χ3v) is 3.22. The number of fused-ring (bicyclic) bond motifs is 1. The number of pyridine rings is 1. The van der Waals surface area contributed by atoms with E-state index in [2.05, 4.69) is 10.3 Å². The smallest absolute Gasteiger partial charge is 0.271 e. The van der Waals surface area contributed by atoms with E-state index in [1.54, 1.807) is 13.1 Å². The minimum atomic E-state index is -0.978. The van der Waals surface area contributed by atoms with E-state index in [9.17, 15) is 9.90 Å². The van der Waals surface area contributed by atoms with Crippen LogP contribution in [0.3, 0.4) is 0 Å². The van der Waals surface area contributed by atoms with Gasteiger partial charge in [-0.2, -0.15) is 0 Å². The van der Waals surface area contributed by atoms with Gasteiger partial charge in [-0.25, -0.2) is 4.98 Å². The highest BCUT2D eigenvalue weighted by atomic mass is 16.3. The minimum absolute atomic E-state index is 0.177. The first-order valence-corrected chi connectivity index (χ1v) is 6.88. The van der Waals surface area contributed by atoms with Gasteiger partial charge in [-0.1, -0.05) is 6.07 Å². The molecule has 2 aromatic heterocycles. The molecular formula is C15H22N4O2. The van der Waals surface area contributed by atoms with Crippen LogP contribution in [0.15, 0.2) is 24.4 Å². The standard InChI is InChI=1S/C15H22N4O2/c1-11-6-5-7-13-17-12(8-19(11)13)14(20)16-9-15(2,21)10-18(3)4/h5-8,21H,9-10H2,1-4H3,(H,16,20). The van der Waals surface area contributed by atoms with Crippen molar-refractivity contribution in [2.24, 2.45) is 0 Å². The zero-order valence-electron chi connectivity index (χ0n) is 12.9. The SMILES string of the molecule is Cc1cccc2nc(C(=O)NCC(C)(O)CN(C)C)cn12. The molecule has 1 amide bonds. The lowest BCUT2D eigenvalue weighted by Crippen LogP contribution is -2.47. The number of hydrogen-bond donors (Lipinski definition) is 2. The third-order valence-electron chi connectivity index (χ3n) is 3.22. The Bertz CT molecular complexity index is 646. The van der Waals surface area contributed by atoms with Crippen molar-refractivity contribution in [3.05, 3.63) is 35.8 Å². The van der Waals surface area contributed by atoms with Crippen molar-refractivity contribution in [2.75, 3.05) is 27.2 Å². The number of likely N-dealkylation sites (N-methyl/N-ethyl adjacent to an activating group) is 1. The summed E-state index contributed by atoms with van der Waals surface area (Å²) in [5.41, 5.74) is 1.12. The molecule has 0 spiro atoms. The lowest BCUT2D eigenvalue weighted by Gasteiger charge is -2.26. The molecule has 2 aromatic rings. The summed E-state index contributed by atoms with van der Waals surface area (Å²) in [5.74, 6) is -0.280. The number of carbonyl (C=O) groups is 1. The number of nitrogens with one attached hydrogen (secondary N) is 1. The maximum Gasteiger partial charge on any atom is 0.271 e. The quantitative estimate of drug-likeness (QED) is 0.850. The summed E-state index contributed by atoms with van der Waals surface area (Å²) in [6, 6.07) is 5.71. The van der Waals surface area contributed by atoms with Crippen molar-refractivity contribution in [3.63, 3.8) is 0 Å². The van der Waals surface area contributed by atoms with E-state index in [1.807, 2.05) is 48.5 Å². The maximum atomic E-state index is 12.1. The fraction of sp³-hybridized carbons (Fsp3) is 0.467. The lowest BCUT2D eigenvalue weighted by atomic mass is 10.1. The van der Waals surface area contributed by atoms with Crippen LogP contribution >= 0.6 is 0 Å². The van der Waals surface area contributed by atoms with Crippen molar-refractivity contribution in [3.8, 4) is 0 Å². The molecule has 0 aliphatic carbocycles. The predicted octanol–water partition coefficient (Wildman–Crippen LogP) is 0.685. The van der Waals surface area contributed by atoms with E-state index in [0.717, 1.165) is 11.3 Å². The molecule has 0 aliphatic rings. The molecule has 21 heavy (non-hydrogen) atoms. The molecule has 1 atom stereocenters. The lowest BCUT2D eigenvalue weighted by molar-refractivity contribution is 0.0325. The number of rotatable bonds is 5. The molecule has 0 aliphatic heterocycles. The molecule has 0 aromatic carbocycles. The summed E-state index contributed by atoms with van der Waals surface area (Å²) >= 11 is 0. The van der Waals surface area contributed by atoms with Crippen molar-refractivity contribution in [1.82, 2.24) is 19.6 Å². The Kier molecular flexibility index (Phi) is 4.29. The van der Waals surface area contributed by atoms with Crippen LogP contribution in [0, 0.1) is 6.92 Å². The Morgan fingerprint density at radius 3 is 2.81 bits per heavy atom. The molecule has 0 saturated heterocycles. The van der Waals surface area contributed by atoms with Crippen molar-refractivity contribution in [1.29, 1.82) is 0 Å². The molecule has 6 heteroatoms. The molecule has 2 rings (SSSR count). The van der Waals surface area contributed by atoms with E-state index >= 15 is 0 Å². The molecule has 0 saturated carbocycles. The van der Waals surface area contributed by atoms with Crippen LogP contribution in [0.4, 0.5) is 0 Å². The molecule has 0 radical (unpaired) electrons. The zero-order valence-corrected chi connectivity index (χ0v) is 12.9. The second-order valence-electron chi connectivity index (χ2n) is 5.94. The Morgan fingerprint density at radius 1 is 1.48 bits per heavy atom. The van der Waals surface area contributed by atoms with Gasteiger partial charge >= 0.3 is 0 Å². The highest BCUT2D eigenvalue weighted by molar-refractivity contribution is 5.92. The second-order valence-corrected chi connectivity index (χ2v) is 5.94. The first kappa shape index (κ1) is 15.5. The van der Waals surface area contributed by atoms with Crippen LogP contribution in [0.5, 0.6) is 0 Å². The average molecular weight is 290 g/mol. The summed E-state index contributed by atoms with van der Waals surface area (Å²) in [4.78, 5) is 18.3. The first-order chi connectivity index (χ1) is 9.78. The van der Waals surface area contributed by atoms with Crippen molar-refractivity contribution >= 4 is 11.6 Å². The van der Waals surface area contributed by atoms with Gasteiger partial charge < -0.3 is 19.7 Å². The molecule has 2 heterocycles. The average Bonchev–Trinajstić information content (AvgIpc) is 2.80. The van der Waals surface area contributed by atoms with Gasteiger partial charge in [-0.05, 0) is 40.1 Å². The molecule has 0 bridgehead atoms. The number of aliphatic hydroxyl groups is 1. The van der Waals surface area contributed by atoms with Crippen molar-refractivity contribution in [2.45, 2.75) is 19.4 Å². The Hall–Kier alpha value is -1.92. The van der Waals surface area contributed by atoms with Gasteiger partial charge in [-0.3, -0.25) is 4.79 Å². The number of nitrogens with zero attached hydrogens (tertiary/aromatic N) is 3. The van der Waals surface area contributed by atoms with Crippen molar-refractivity contribution < 1.29 is 9.90 Å². The van der Waals surface area contributed by atoms with Gasteiger partial charge in [0.25, 0.3) is 5.91 Å². The second kappa shape index (κ2) is 5.83. The van der Waals surface area contributed by atoms with Gasteiger partial charge in [0.15, 0.2) is 0 Å².